The molecule has 0 aromatic heterocycles. The SMILES string of the molecule is N#Cc1cccc(Oc2cc(C(F)(F)F)ccc2CCC(=O)O)c1. The second kappa shape index (κ2) is 7.04. The Kier molecular flexibility index (Phi) is 5.09. The van der Waals surface area contributed by atoms with Crippen molar-refractivity contribution >= 4 is 5.97 Å². The van der Waals surface area contributed by atoms with E-state index in [1.165, 1.54) is 24.3 Å². The molecular weight excluding hydrogens is 323 g/mol. The van der Waals surface area contributed by atoms with Crippen LogP contribution in [-0.2, 0) is 17.4 Å². The largest absolute Gasteiger partial charge is 0.481 e. The molecule has 1 N–H and O–H groups in total. The molecule has 0 amide bonds. The summed E-state index contributed by atoms with van der Waals surface area (Å²) in [6, 6.07) is 10.8. The van der Waals surface area contributed by atoms with E-state index in [-0.39, 0.29) is 24.3 Å². The van der Waals surface area contributed by atoms with Gasteiger partial charge < -0.3 is 9.84 Å². The van der Waals surface area contributed by atoms with Crippen LogP contribution in [0.2, 0.25) is 0 Å². The maximum atomic E-state index is 12.9. The topological polar surface area (TPSA) is 70.3 Å². The lowest BCUT2D eigenvalue weighted by Crippen LogP contribution is -2.06. The number of benzene rings is 2. The van der Waals surface area contributed by atoms with Gasteiger partial charge in [0.15, 0.2) is 0 Å². The molecule has 2 aromatic rings. The van der Waals surface area contributed by atoms with E-state index in [4.69, 9.17) is 15.1 Å². The minimum Gasteiger partial charge on any atom is -0.481 e. The number of aliphatic carboxylic acids is 1. The third kappa shape index (κ3) is 4.49. The Bertz CT molecular complexity index is 794. The Morgan fingerprint density at radius 1 is 1.21 bits per heavy atom. The van der Waals surface area contributed by atoms with Crippen molar-refractivity contribution in [2.24, 2.45) is 0 Å². The van der Waals surface area contributed by atoms with Gasteiger partial charge in [0.05, 0.1) is 17.2 Å². The molecule has 4 nitrogen and oxygen atoms in total. The fourth-order valence-corrected chi connectivity index (χ4v) is 2.03. The molecular formula is C17H12F3NO3. The summed E-state index contributed by atoms with van der Waals surface area (Å²) in [5.74, 6) is -0.946. The molecule has 0 heterocycles. The number of nitriles is 1. The van der Waals surface area contributed by atoms with E-state index in [1.54, 1.807) is 6.07 Å². The minimum atomic E-state index is -4.54. The van der Waals surface area contributed by atoms with Crippen molar-refractivity contribution in [3.05, 3.63) is 59.2 Å². The first-order valence-electron chi connectivity index (χ1n) is 6.89. The van der Waals surface area contributed by atoms with E-state index in [2.05, 4.69) is 0 Å². The van der Waals surface area contributed by atoms with Crippen molar-refractivity contribution in [1.82, 2.24) is 0 Å². The molecule has 0 saturated carbocycles. The van der Waals surface area contributed by atoms with Crippen LogP contribution in [0.15, 0.2) is 42.5 Å². The lowest BCUT2D eigenvalue weighted by atomic mass is 10.1. The lowest BCUT2D eigenvalue weighted by Gasteiger charge is -2.14. The van der Waals surface area contributed by atoms with E-state index in [9.17, 15) is 18.0 Å². The number of ether oxygens (including phenoxy) is 1. The van der Waals surface area contributed by atoms with Crippen LogP contribution >= 0.6 is 0 Å². The smallest absolute Gasteiger partial charge is 0.416 e. The highest BCUT2D eigenvalue weighted by Gasteiger charge is 2.31. The summed E-state index contributed by atoms with van der Waals surface area (Å²) in [6.45, 7) is 0. The van der Waals surface area contributed by atoms with Gasteiger partial charge in [-0.15, -0.1) is 0 Å². The monoisotopic (exact) mass is 335 g/mol. The minimum absolute atomic E-state index is 0.0285. The number of alkyl halides is 3. The Hall–Kier alpha value is -3.01. The molecule has 2 aromatic carbocycles. The Morgan fingerprint density at radius 3 is 2.58 bits per heavy atom. The van der Waals surface area contributed by atoms with Gasteiger partial charge in [-0.2, -0.15) is 18.4 Å². The Balaban J connectivity index is 2.39. The summed E-state index contributed by atoms with van der Waals surface area (Å²) in [7, 11) is 0. The first kappa shape index (κ1) is 17.3. The predicted molar refractivity (Wildman–Crippen MR) is 78.6 cm³/mol. The predicted octanol–water partition coefficient (Wildman–Crippen LogP) is 4.39. The summed E-state index contributed by atoms with van der Waals surface area (Å²) in [5.41, 5.74) is -0.257. The highest BCUT2D eigenvalue weighted by atomic mass is 19.4. The fourth-order valence-electron chi connectivity index (χ4n) is 2.03. The van der Waals surface area contributed by atoms with Crippen LogP contribution in [0.25, 0.3) is 0 Å². The van der Waals surface area contributed by atoms with Crippen molar-refractivity contribution in [2.75, 3.05) is 0 Å². The van der Waals surface area contributed by atoms with Crippen LogP contribution in [0.5, 0.6) is 11.5 Å². The number of carboxylic acids is 1. The molecule has 0 aliphatic rings. The standard InChI is InChI=1S/C17H12F3NO3/c18-17(19,20)13-6-4-12(5-7-16(22)23)15(9-13)24-14-3-1-2-11(8-14)10-21/h1-4,6,8-9H,5,7H2,(H,22,23). The van der Waals surface area contributed by atoms with Crippen LogP contribution in [0.4, 0.5) is 13.2 Å². The van der Waals surface area contributed by atoms with Crippen LogP contribution in [0.3, 0.4) is 0 Å². The van der Waals surface area contributed by atoms with Gasteiger partial charge in [0.25, 0.3) is 0 Å². The number of rotatable bonds is 5. The van der Waals surface area contributed by atoms with Crippen molar-refractivity contribution in [3.63, 3.8) is 0 Å². The molecule has 7 heteroatoms. The number of halogens is 3. The summed E-state index contributed by atoms with van der Waals surface area (Å²) in [6.07, 6.45) is -4.75. The Labute approximate surface area is 135 Å². The molecule has 0 aliphatic heterocycles. The van der Waals surface area contributed by atoms with Gasteiger partial charge in [0, 0.05) is 6.42 Å². The van der Waals surface area contributed by atoms with Crippen LogP contribution in [0.1, 0.15) is 23.1 Å². The van der Waals surface area contributed by atoms with Gasteiger partial charge in [-0.05, 0) is 42.3 Å². The quantitative estimate of drug-likeness (QED) is 0.880. The lowest BCUT2D eigenvalue weighted by molar-refractivity contribution is -0.138. The number of nitrogens with zero attached hydrogens (tertiary/aromatic N) is 1. The van der Waals surface area contributed by atoms with Gasteiger partial charge in [0.2, 0.25) is 0 Å². The van der Waals surface area contributed by atoms with E-state index >= 15 is 0 Å². The maximum absolute atomic E-state index is 12.9. The first-order chi connectivity index (χ1) is 11.3. The van der Waals surface area contributed by atoms with Crippen LogP contribution < -0.4 is 4.74 Å². The van der Waals surface area contributed by atoms with Crippen molar-refractivity contribution < 1.29 is 27.8 Å². The molecule has 0 radical (unpaired) electrons. The molecule has 124 valence electrons. The van der Waals surface area contributed by atoms with Crippen LogP contribution in [-0.4, -0.2) is 11.1 Å². The molecule has 24 heavy (non-hydrogen) atoms. The average Bonchev–Trinajstić information content (AvgIpc) is 2.52. The highest BCUT2D eigenvalue weighted by Crippen LogP contribution is 2.35. The first-order valence-corrected chi connectivity index (χ1v) is 6.89. The highest BCUT2D eigenvalue weighted by molar-refractivity contribution is 5.67. The van der Waals surface area contributed by atoms with E-state index < -0.39 is 17.7 Å². The number of carbonyl (C=O) groups is 1. The Morgan fingerprint density at radius 2 is 1.96 bits per heavy atom. The number of aryl methyl sites for hydroxylation is 1. The average molecular weight is 335 g/mol. The van der Waals surface area contributed by atoms with E-state index in [1.807, 2.05) is 6.07 Å². The third-order valence-corrected chi connectivity index (χ3v) is 3.19. The summed E-state index contributed by atoms with van der Waals surface area (Å²) in [5, 5.41) is 17.6. The molecule has 0 aliphatic carbocycles. The zero-order valence-electron chi connectivity index (χ0n) is 12.3. The van der Waals surface area contributed by atoms with E-state index in [0.717, 1.165) is 12.1 Å². The number of hydrogen-bond acceptors (Lipinski definition) is 3. The summed E-state index contributed by atoms with van der Waals surface area (Å²) in [4.78, 5) is 10.7. The summed E-state index contributed by atoms with van der Waals surface area (Å²) >= 11 is 0. The second-order valence-electron chi connectivity index (χ2n) is 4.96. The summed E-state index contributed by atoms with van der Waals surface area (Å²) < 4.78 is 44.1. The zero-order chi connectivity index (χ0) is 17.7. The van der Waals surface area contributed by atoms with Gasteiger partial charge in [-0.1, -0.05) is 12.1 Å². The molecule has 0 saturated heterocycles. The third-order valence-electron chi connectivity index (χ3n) is 3.19. The molecule has 0 atom stereocenters. The number of carboxylic acid groups (broad SMARTS) is 1. The van der Waals surface area contributed by atoms with E-state index in [0.29, 0.717) is 11.1 Å². The van der Waals surface area contributed by atoms with Crippen molar-refractivity contribution in [1.29, 1.82) is 5.26 Å². The van der Waals surface area contributed by atoms with Gasteiger partial charge in [-0.3, -0.25) is 4.79 Å². The van der Waals surface area contributed by atoms with Crippen molar-refractivity contribution in [2.45, 2.75) is 19.0 Å². The molecule has 0 unspecified atom stereocenters. The number of hydrogen-bond donors (Lipinski definition) is 1. The zero-order valence-corrected chi connectivity index (χ0v) is 12.3. The van der Waals surface area contributed by atoms with Gasteiger partial charge in [-0.25, -0.2) is 0 Å². The second-order valence-corrected chi connectivity index (χ2v) is 4.96. The molecule has 0 bridgehead atoms. The molecule has 0 fully saturated rings. The molecule has 0 spiro atoms. The van der Waals surface area contributed by atoms with Gasteiger partial charge >= 0.3 is 12.1 Å². The van der Waals surface area contributed by atoms with Gasteiger partial charge in [0.1, 0.15) is 11.5 Å². The maximum Gasteiger partial charge on any atom is 0.416 e. The molecule has 2 rings (SSSR count). The van der Waals surface area contributed by atoms with Crippen molar-refractivity contribution in [3.8, 4) is 17.6 Å². The fraction of sp³-hybridized carbons (Fsp3) is 0.176. The normalized spacial score (nSPS) is 10.9. The van der Waals surface area contributed by atoms with Crippen LogP contribution in [0, 0.1) is 11.3 Å².